The predicted octanol–water partition coefficient (Wildman–Crippen LogP) is 4.59. The Balaban J connectivity index is 1.55. The SMILES string of the molecule is Cc1ccc2ncnc(NC3CCC(NC(C)CC(F)(F)F)CC3)c2c1. The van der Waals surface area contributed by atoms with E-state index in [4.69, 9.17) is 0 Å². The Kier molecular flexibility index (Phi) is 5.65. The molecule has 1 fully saturated rings. The molecule has 0 aliphatic heterocycles. The number of nitrogens with zero attached hydrogens (tertiary/aromatic N) is 2. The Bertz CT molecular complexity index is 739. The van der Waals surface area contributed by atoms with Crippen LogP contribution in [0.25, 0.3) is 10.9 Å². The molecule has 1 atom stereocenters. The molecule has 142 valence electrons. The summed E-state index contributed by atoms with van der Waals surface area (Å²) in [4.78, 5) is 8.68. The normalized spacial score (nSPS) is 22.3. The van der Waals surface area contributed by atoms with Crippen molar-refractivity contribution in [2.45, 2.75) is 70.3 Å². The van der Waals surface area contributed by atoms with Gasteiger partial charge in [-0.25, -0.2) is 9.97 Å². The van der Waals surface area contributed by atoms with E-state index in [1.807, 2.05) is 19.1 Å². The highest BCUT2D eigenvalue weighted by Gasteiger charge is 2.31. The van der Waals surface area contributed by atoms with E-state index in [1.54, 1.807) is 13.3 Å². The van der Waals surface area contributed by atoms with Gasteiger partial charge in [-0.05, 0) is 51.7 Å². The van der Waals surface area contributed by atoms with Crippen LogP contribution in [-0.2, 0) is 0 Å². The zero-order chi connectivity index (χ0) is 18.7. The Labute approximate surface area is 151 Å². The van der Waals surface area contributed by atoms with Gasteiger partial charge in [0, 0.05) is 23.5 Å². The number of hydrogen-bond acceptors (Lipinski definition) is 4. The summed E-state index contributed by atoms with van der Waals surface area (Å²) in [6, 6.07) is 5.97. The van der Waals surface area contributed by atoms with Crippen LogP contribution in [0, 0.1) is 6.92 Å². The highest BCUT2D eigenvalue weighted by atomic mass is 19.4. The lowest BCUT2D eigenvalue weighted by molar-refractivity contribution is -0.139. The van der Waals surface area contributed by atoms with E-state index in [9.17, 15) is 13.2 Å². The Morgan fingerprint density at radius 1 is 1.12 bits per heavy atom. The van der Waals surface area contributed by atoms with Crippen LogP contribution in [0.2, 0.25) is 0 Å². The van der Waals surface area contributed by atoms with E-state index >= 15 is 0 Å². The van der Waals surface area contributed by atoms with Gasteiger partial charge < -0.3 is 10.6 Å². The van der Waals surface area contributed by atoms with Gasteiger partial charge >= 0.3 is 6.18 Å². The number of fused-ring (bicyclic) bond motifs is 1. The number of alkyl halides is 3. The molecule has 1 saturated carbocycles. The minimum Gasteiger partial charge on any atom is -0.367 e. The van der Waals surface area contributed by atoms with Gasteiger partial charge in [-0.3, -0.25) is 0 Å². The molecule has 2 N–H and O–H groups in total. The number of aromatic nitrogens is 2. The van der Waals surface area contributed by atoms with E-state index < -0.39 is 18.6 Å². The molecule has 0 radical (unpaired) electrons. The highest BCUT2D eigenvalue weighted by molar-refractivity contribution is 5.89. The van der Waals surface area contributed by atoms with Gasteiger partial charge in [-0.15, -0.1) is 0 Å². The molecule has 1 aromatic carbocycles. The van der Waals surface area contributed by atoms with Crippen molar-refractivity contribution < 1.29 is 13.2 Å². The molecule has 0 spiro atoms. The average Bonchev–Trinajstić information content (AvgIpc) is 2.55. The summed E-state index contributed by atoms with van der Waals surface area (Å²) < 4.78 is 37.4. The van der Waals surface area contributed by atoms with Crippen molar-refractivity contribution in [3.8, 4) is 0 Å². The summed E-state index contributed by atoms with van der Waals surface area (Å²) in [6.45, 7) is 3.64. The maximum absolute atomic E-state index is 12.5. The standard InChI is InChI=1S/C19H25F3N4/c1-12-3-8-17-16(9-12)18(24-11-23-17)26-15-6-4-14(5-7-15)25-13(2)10-19(20,21)22/h3,8-9,11,13-15,25H,4-7,10H2,1-2H3,(H,23,24,26). The van der Waals surface area contributed by atoms with Gasteiger partial charge in [-0.2, -0.15) is 13.2 Å². The van der Waals surface area contributed by atoms with Crippen LogP contribution < -0.4 is 10.6 Å². The van der Waals surface area contributed by atoms with Crippen LogP contribution in [0.5, 0.6) is 0 Å². The molecule has 4 nitrogen and oxygen atoms in total. The van der Waals surface area contributed by atoms with Gasteiger partial charge in [0.05, 0.1) is 11.9 Å². The number of anilines is 1. The Morgan fingerprint density at radius 3 is 2.50 bits per heavy atom. The summed E-state index contributed by atoms with van der Waals surface area (Å²) in [5, 5.41) is 7.63. The van der Waals surface area contributed by atoms with E-state index in [0.29, 0.717) is 0 Å². The lowest BCUT2D eigenvalue weighted by Crippen LogP contribution is -2.42. The van der Waals surface area contributed by atoms with Crippen LogP contribution in [0.1, 0.15) is 44.6 Å². The van der Waals surface area contributed by atoms with E-state index in [1.165, 1.54) is 0 Å². The molecule has 3 rings (SSSR count). The fourth-order valence-corrected chi connectivity index (χ4v) is 3.69. The topological polar surface area (TPSA) is 49.8 Å². The van der Waals surface area contributed by atoms with Crippen molar-refractivity contribution in [3.05, 3.63) is 30.1 Å². The van der Waals surface area contributed by atoms with Crippen molar-refractivity contribution in [2.75, 3.05) is 5.32 Å². The fourth-order valence-electron chi connectivity index (χ4n) is 3.69. The first-order valence-corrected chi connectivity index (χ1v) is 9.11. The smallest absolute Gasteiger partial charge is 0.367 e. The summed E-state index contributed by atoms with van der Waals surface area (Å²) in [5.41, 5.74) is 2.06. The first-order valence-electron chi connectivity index (χ1n) is 9.11. The molecule has 1 unspecified atom stereocenters. The minimum absolute atomic E-state index is 0.148. The maximum Gasteiger partial charge on any atom is 0.390 e. The number of nitrogens with one attached hydrogen (secondary N) is 2. The molecular weight excluding hydrogens is 341 g/mol. The van der Waals surface area contributed by atoms with Crippen LogP contribution in [0.3, 0.4) is 0 Å². The largest absolute Gasteiger partial charge is 0.390 e. The Hall–Kier alpha value is -1.89. The monoisotopic (exact) mass is 366 g/mol. The molecule has 1 aliphatic rings. The second-order valence-corrected chi connectivity index (χ2v) is 7.32. The van der Waals surface area contributed by atoms with Crippen molar-refractivity contribution in [1.29, 1.82) is 0 Å². The number of benzene rings is 1. The third-order valence-corrected chi connectivity index (χ3v) is 4.92. The average molecular weight is 366 g/mol. The third kappa shape index (κ3) is 5.06. The van der Waals surface area contributed by atoms with Crippen LogP contribution >= 0.6 is 0 Å². The lowest BCUT2D eigenvalue weighted by Gasteiger charge is -2.32. The van der Waals surface area contributed by atoms with E-state index in [0.717, 1.165) is 48.0 Å². The Morgan fingerprint density at radius 2 is 1.81 bits per heavy atom. The van der Waals surface area contributed by atoms with Crippen molar-refractivity contribution in [1.82, 2.24) is 15.3 Å². The molecule has 0 bridgehead atoms. The molecular formula is C19H25F3N4. The summed E-state index contributed by atoms with van der Waals surface area (Å²) in [5.74, 6) is 0.834. The highest BCUT2D eigenvalue weighted by Crippen LogP contribution is 2.27. The second kappa shape index (κ2) is 7.78. The van der Waals surface area contributed by atoms with Crippen LogP contribution in [0.15, 0.2) is 24.5 Å². The van der Waals surface area contributed by atoms with E-state index in [2.05, 4.69) is 26.7 Å². The quantitative estimate of drug-likeness (QED) is 0.812. The first-order chi connectivity index (χ1) is 12.3. The van der Waals surface area contributed by atoms with Crippen molar-refractivity contribution in [3.63, 3.8) is 0 Å². The zero-order valence-electron chi connectivity index (χ0n) is 15.1. The van der Waals surface area contributed by atoms with Gasteiger partial charge in [0.25, 0.3) is 0 Å². The predicted molar refractivity (Wildman–Crippen MR) is 97.2 cm³/mol. The van der Waals surface area contributed by atoms with Crippen LogP contribution in [-0.4, -0.2) is 34.3 Å². The number of halogens is 3. The first kappa shape index (κ1) is 18.9. The fraction of sp³-hybridized carbons (Fsp3) is 0.579. The minimum atomic E-state index is -4.11. The molecule has 1 heterocycles. The molecule has 7 heteroatoms. The number of hydrogen-bond donors (Lipinski definition) is 2. The molecule has 0 saturated heterocycles. The van der Waals surface area contributed by atoms with Gasteiger partial charge in [-0.1, -0.05) is 11.6 Å². The lowest BCUT2D eigenvalue weighted by atomic mass is 9.90. The van der Waals surface area contributed by atoms with Crippen molar-refractivity contribution in [2.24, 2.45) is 0 Å². The molecule has 2 aromatic rings. The molecule has 1 aromatic heterocycles. The van der Waals surface area contributed by atoms with Gasteiger partial charge in [0.1, 0.15) is 12.1 Å². The molecule has 26 heavy (non-hydrogen) atoms. The van der Waals surface area contributed by atoms with E-state index in [-0.39, 0.29) is 12.1 Å². The summed E-state index contributed by atoms with van der Waals surface area (Å²) in [6.07, 6.45) is 0.214. The third-order valence-electron chi connectivity index (χ3n) is 4.92. The summed E-state index contributed by atoms with van der Waals surface area (Å²) >= 11 is 0. The van der Waals surface area contributed by atoms with Crippen molar-refractivity contribution >= 4 is 16.7 Å². The van der Waals surface area contributed by atoms with Gasteiger partial charge in [0.15, 0.2) is 0 Å². The number of aryl methyl sites for hydroxylation is 1. The van der Waals surface area contributed by atoms with Crippen LogP contribution in [0.4, 0.5) is 19.0 Å². The number of rotatable bonds is 5. The maximum atomic E-state index is 12.5. The zero-order valence-corrected chi connectivity index (χ0v) is 15.1. The molecule has 1 aliphatic carbocycles. The van der Waals surface area contributed by atoms with Gasteiger partial charge in [0.2, 0.25) is 0 Å². The summed E-state index contributed by atoms with van der Waals surface area (Å²) in [7, 11) is 0. The second-order valence-electron chi connectivity index (χ2n) is 7.32. The molecule has 0 amide bonds.